The highest BCUT2D eigenvalue weighted by Crippen LogP contribution is 2.44. The number of ether oxygens (including phenoxy) is 2. The van der Waals surface area contributed by atoms with E-state index in [0.29, 0.717) is 19.3 Å². The zero-order valence-corrected chi connectivity index (χ0v) is 16.7. The number of rotatable bonds is 6. The fraction of sp³-hybridized carbons (Fsp3) is 0.333. The van der Waals surface area contributed by atoms with Crippen LogP contribution in [0.5, 0.6) is 0 Å². The van der Waals surface area contributed by atoms with Crippen LogP contribution in [0.1, 0.15) is 36.3 Å². The Morgan fingerprint density at radius 3 is 2.30 bits per heavy atom. The first-order chi connectivity index (χ1) is 14.6. The maximum Gasteiger partial charge on any atom is 0.408 e. The summed E-state index contributed by atoms with van der Waals surface area (Å²) >= 11 is 0. The lowest BCUT2D eigenvalue weighted by molar-refractivity contribution is -0.154. The molecule has 0 saturated heterocycles. The zero-order valence-electron chi connectivity index (χ0n) is 16.7. The Hall–Kier alpha value is -3.12. The molecule has 4 rings (SSSR count). The van der Waals surface area contributed by atoms with Gasteiger partial charge in [0.2, 0.25) is 0 Å². The van der Waals surface area contributed by atoms with Crippen LogP contribution in [0.3, 0.4) is 0 Å². The van der Waals surface area contributed by atoms with Crippen molar-refractivity contribution in [3.63, 3.8) is 0 Å². The number of alkyl carbamates (subject to hydrolysis) is 1. The largest absolute Gasteiger partial charge is 0.460 e. The second kappa shape index (κ2) is 8.32. The number of aliphatic hydroxyl groups excluding tert-OH is 1. The van der Waals surface area contributed by atoms with E-state index in [-0.39, 0.29) is 19.1 Å². The van der Waals surface area contributed by atoms with Crippen molar-refractivity contribution in [2.45, 2.75) is 36.8 Å². The second-order valence-corrected chi connectivity index (χ2v) is 7.72. The lowest BCUT2D eigenvalue weighted by Gasteiger charge is -2.30. The molecule has 2 aromatic rings. The number of esters is 1. The minimum atomic E-state index is -1.48. The highest BCUT2D eigenvalue weighted by atomic mass is 16.6. The summed E-state index contributed by atoms with van der Waals surface area (Å²) in [7, 11) is 0. The van der Waals surface area contributed by atoms with Crippen molar-refractivity contribution in [2.24, 2.45) is 0 Å². The number of carbonyl (C=O) groups excluding carboxylic acids is 2. The number of carbonyl (C=O) groups is 2. The number of benzene rings is 2. The van der Waals surface area contributed by atoms with E-state index in [2.05, 4.69) is 24.0 Å². The van der Waals surface area contributed by atoms with Crippen LogP contribution < -0.4 is 5.32 Å². The molecule has 1 fully saturated rings. The molecular weight excluding hydrogens is 382 g/mol. The fourth-order valence-corrected chi connectivity index (χ4v) is 4.50. The van der Waals surface area contributed by atoms with Crippen LogP contribution in [0.2, 0.25) is 0 Å². The molecule has 0 aromatic heterocycles. The lowest BCUT2D eigenvalue weighted by Crippen LogP contribution is -2.60. The van der Waals surface area contributed by atoms with E-state index in [4.69, 9.17) is 9.47 Å². The van der Waals surface area contributed by atoms with Gasteiger partial charge in [0, 0.05) is 5.92 Å². The molecule has 2 aromatic carbocycles. The molecule has 0 unspecified atom stereocenters. The maximum atomic E-state index is 12.6. The standard InChI is InChI=1S/C24H25NO5/c1-2-14-29-22(27)24(13-7-12-21(24)26)25-23(28)30-15-20-18-10-5-3-8-16(18)17-9-4-6-11-19(17)20/h2-6,8-11,20-21,26H,1,7,12-15H2,(H,25,28)/t21-,24-/m1/s1. The zero-order chi connectivity index (χ0) is 21.1. The van der Waals surface area contributed by atoms with Gasteiger partial charge in [0.05, 0.1) is 6.10 Å². The number of nitrogens with one attached hydrogen (secondary N) is 1. The number of amides is 1. The average Bonchev–Trinajstić information content (AvgIpc) is 3.29. The smallest absolute Gasteiger partial charge is 0.408 e. The van der Waals surface area contributed by atoms with E-state index in [9.17, 15) is 14.7 Å². The molecule has 30 heavy (non-hydrogen) atoms. The molecule has 0 bridgehead atoms. The molecule has 2 aliphatic carbocycles. The van der Waals surface area contributed by atoms with E-state index in [1.54, 1.807) is 0 Å². The Morgan fingerprint density at radius 1 is 1.10 bits per heavy atom. The third-order valence-corrected chi connectivity index (χ3v) is 5.98. The molecule has 0 heterocycles. The average molecular weight is 407 g/mol. The molecule has 0 spiro atoms. The van der Waals surface area contributed by atoms with Gasteiger partial charge in [0.1, 0.15) is 13.2 Å². The van der Waals surface area contributed by atoms with E-state index in [1.807, 2.05) is 36.4 Å². The van der Waals surface area contributed by atoms with Gasteiger partial charge < -0.3 is 19.9 Å². The summed E-state index contributed by atoms with van der Waals surface area (Å²) < 4.78 is 10.7. The number of aliphatic hydroxyl groups is 1. The Kier molecular flexibility index (Phi) is 5.59. The van der Waals surface area contributed by atoms with Crippen molar-refractivity contribution in [3.05, 3.63) is 72.3 Å². The highest BCUT2D eigenvalue weighted by Gasteiger charge is 2.51. The molecule has 0 aliphatic heterocycles. The number of fused-ring (bicyclic) bond motifs is 3. The molecular formula is C24H25NO5. The molecule has 6 nitrogen and oxygen atoms in total. The van der Waals surface area contributed by atoms with Crippen molar-refractivity contribution in [2.75, 3.05) is 13.2 Å². The van der Waals surface area contributed by atoms with Crippen LogP contribution in [0, 0.1) is 0 Å². The van der Waals surface area contributed by atoms with Gasteiger partial charge in [0.25, 0.3) is 0 Å². The normalized spacial score (nSPS) is 22.1. The Balaban J connectivity index is 1.48. The van der Waals surface area contributed by atoms with Crippen LogP contribution in [-0.4, -0.2) is 42.0 Å². The van der Waals surface area contributed by atoms with Crippen LogP contribution >= 0.6 is 0 Å². The third-order valence-electron chi connectivity index (χ3n) is 5.98. The first-order valence-electron chi connectivity index (χ1n) is 10.2. The van der Waals surface area contributed by atoms with Crippen molar-refractivity contribution in [1.29, 1.82) is 0 Å². The monoisotopic (exact) mass is 407 g/mol. The summed E-state index contributed by atoms with van der Waals surface area (Å²) in [5, 5.41) is 13.0. The summed E-state index contributed by atoms with van der Waals surface area (Å²) in [5.74, 6) is -0.749. The van der Waals surface area contributed by atoms with Crippen LogP contribution in [0.15, 0.2) is 61.2 Å². The van der Waals surface area contributed by atoms with Gasteiger partial charge in [-0.1, -0.05) is 61.2 Å². The van der Waals surface area contributed by atoms with E-state index in [1.165, 1.54) is 6.08 Å². The summed E-state index contributed by atoms with van der Waals surface area (Å²) in [4.78, 5) is 25.2. The van der Waals surface area contributed by atoms with Crippen LogP contribution in [-0.2, 0) is 14.3 Å². The Morgan fingerprint density at radius 2 is 1.73 bits per heavy atom. The fourth-order valence-electron chi connectivity index (χ4n) is 4.50. The van der Waals surface area contributed by atoms with Gasteiger partial charge in [-0.2, -0.15) is 0 Å². The quantitative estimate of drug-likeness (QED) is 0.565. The number of hydrogen-bond donors (Lipinski definition) is 2. The minimum absolute atomic E-state index is 0.0136. The summed E-state index contributed by atoms with van der Waals surface area (Å²) in [6, 6.07) is 16.1. The highest BCUT2D eigenvalue weighted by molar-refractivity contribution is 5.87. The molecule has 156 valence electrons. The summed E-state index contributed by atoms with van der Waals surface area (Å²) in [5.41, 5.74) is 3.00. The molecule has 6 heteroatoms. The lowest BCUT2D eigenvalue weighted by atomic mass is 9.95. The first-order valence-corrected chi connectivity index (χ1v) is 10.2. The Labute approximate surface area is 175 Å². The van der Waals surface area contributed by atoms with Gasteiger partial charge in [-0.05, 0) is 41.5 Å². The summed E-state index contributed by atoms with van der Waals surface area (Å²) in [6.45, 7) is 3.67. The molecule has 0 radical (unpaired) electrons. The third kappa shape index (κ3) is 3.48. The van der Waals surface area contributed by atoms with Crippen molar-refractivity contribution >= 4 is 12.1 Å². The Bertz CT molecular complexity index is 926. The SMILES string of the molecule is C=CCOC(=O)[C@@]1(NC(=O)OCC2c3ccccc3-c3ccccc32)CCC[C@H]1O. The number of hydrogen-bond acceptors (Lipinski definition) is 5. The van der Waals surface area contributed by atoms with E-state index in [0.717, 1.165) is 22.3 Å². The maximum absolute atomic E-state index is 12.6. The molecule has 2 N–H and O–H groups in total. The van der Waals surface area contributed by atoms with E-state index < -0.39 is 23.7 Å². The van der Waals surface area contributed by atoms with E-state index >= 15 is 0 Å². The van der Waals surface area contributed by atoms with Gasteiger partial charge in [-0.15, -0.1) is 0 Å². The van der Waals surface area contributed by atoms with Crippen molar-refractivity contribution < 1.29 is 24.2 Å². The van der Waals surface area contributed by atoms with Crippen molar-refractivity contribution in [3.8, 4) is 11.1 Å². The topological polar surface area (TPSA) is 84.9 Å². The molecule has 1 saturated carbocycles. The van der Waals surface area contributed by atoms with Crippen LogP contribution in [0.4, 0.5) is 4.79 Å². The van der Waals surface area contributed by atoms with Gasteiger partial charge >= 0.3 is 12.1 Å². The molecule has 2 aliphatic rings. The van der Waals surface area contributed by atoms with Gasteiger partial charge in [0.15, 0.2) is 5.54 Å². The van der Waals surface area contributed by atoms with Gasteiger partial charge in [-0.3, -0.25) is 0 Å². The minimum Gasteiger partial charge on any atom is -0.460 e. The first kappa shape index (κ1) is 20.2. The predicted molar refractivity (Wildman–Crippen MR) is 112 cm³/mol. The van der Waals surface area contributed by atoms with Crippen molar-refractivity contribution in [1.82, 2.24) is 5.32 Å². The van der Waals surface area contributed by atoms with Crippen LogP contribution in [0.25, 0.3) is 11.1 Å². The molecule has 2 atom stereocenters. The summed E-state index contributed by atoms with van der Waals surface area (Å²) in [6.07, 6.45) is 0.999. The van der Waals surface area contributed by atoms with Gasteiger partial charge in [-0.25, -0.2) is 9.59 Å². The second-order valence-electron chi connectivity index (χ2n) is 7.72. The molecule has 1 amide bonds. The predicted octanol–water partition coefficient (Wildman–Crippen LogP) is 3.54.